The molecule has 1 fully saturated rings. The maximum atomic E-state index is 13.8. The number of amides is 1. The second-order valence-electron chi connectivity index (χ2n) is 6.57. The molecule has 1 amide bonds. The van der Waals surface area contributed by atoms with Crippen molar-refractivity contribution in [2.24, 2.45) is 0 Å². The van der Waals surface area contributed by atoms with E-state index in [0.717, 1.165) is 10.9 Å². The molecule has 2 aromatic rings. The zero-order chi connectivity index (χ0) is 19.1. The monoisotopic (exact) mass is 367 g/mol. The van der Waals surface area contributed by atoms with Crippen LogP contribution in [0.3, 0.4) is 0 Å². The minimum atomic E-state index is -4.71. The fourth-order valence-electron chi connectivity index (χ4n) is 3.28. The Bertz CT molecular complexity index is 806. The predicted molar refractivity (Wildman–Crippen MR) is 89.2 cm³/mol. The smallest absolute Gasteiger partial charge is 0.372 e. The first-order valence-electron chi connectivity index (χ1n) is 8.34. The second-order valence-corrected chi connectivity index (χ2v) is 6.57. The first kappa shape index (κ1) is 18.4. The third-order valence-electron chi connectivity index (χ3n) is 4.32. The highest BCUT2D eigenvalue weighted by molar-refractivity contribution is 5.95. The van der Waals surface area contributed by atoms with E-state index in [1.54, 1.807) is 45.0 Å². The number of para-hydroxylation sites is 1. The molecule has 0 radical (unpaired) electrons. The van der Waals surface area contributed by atoms with Crippen LogP contribution in [0.5, 0.6) is 0 Å². The van der Waals surface area contributed by atoms with Crippen LogP contribution in [-0.4, -0.2) is 45.9 Å². The van der Waals surface area contributed by atoms with Crippen molar-refractivity contribution in [1.82, 2.24) is 14.7 Å². The van der Waals surface area contributed by atoms with Gasteiger partial charge in [0.25, 0.3) is 5.91 Å². The lowest BCUT2D eigenvalue weighted by Gasteiger charge is -2.35. The molecule has 2 heterocycles. The van der Waals surface area contributed by atoms with Gasteiger partial charge in [-0.1, -0.05) is 18.2 Å². The molecule has 140 valence electrons. The lowest BCUT2D eigenvalue weighted by molar-refractivity contribution is -0.143. The van der Waals surface area contributed by atoms with Gasteiger partial charge in [-0.05, 0) is 32.4 Å². The van der Waals surface area contributed by atoms with Gasteiger partial charge >= 0.3 is 6.18 Å². The summed E-state index contributed by atoms with van der Waals surface area (Å²) in [6.07, 6.45) is -4.18. The zero-order valence-corrected chi connectivity index (χ0v) is 14.7. The van der Waals surface area contributed by atoms with Crippen molar-refractivity contribution in [2.75, 3.05) is 13.1 Å². The molecule has 0 aliphatic carbocycles. The maximum absolute atomic E-state index is 13.8. The van der Waals surface area contributed by atoms with Gasteiger partial charge in [-0.15, -0.1) is 0 Å². The molecule has 2 atom stereocenters. The molecule has 1 aromatic heterocycles. The van der Waals surface area contributed by atoms with Crippen molar-refractivity contribution < 1.29 is 22.7 Å². The molecule has 1 aliphatic rings. The molecule has 0 bridgehead atoms. The van der Waals surface area contributed by atoms with Crippen molar-refractivity contribution in [1.29, 1.82) is 0 Å². The van der Waals surface area contributed by atoms with Gasteiger partial charge in [-0.25, -0.2) is 4.68 Å². The molecule has 5 nitrogen and oxygen atoms in total. The number of morpholine rings is 1. The summed E-state index contributed by atoms with van der Waals surface area (Å²) in [5.74, 6) is -0.681. The van der Waals surface area contributed by atoms with E-state index in [2.05, 4.69) is 5.10 Å². The van der Waals surface area contributed by atoms with Gasteiger partial charge in [-0.3, -0.25) is 4.79 Å². The van der Waals surface area contributed by atoms with Crippen LogP contribution in [-0.2, 0) is 10.9 Å². The summed E-state index contributed by atoms with van der Waals surface area (Å²) in [5.41, 5.74) is -0.568. The van der Waals surface area contributed by atoms with E-state index in [1.165, 1.54) is 4.90 Å². The number of aryl methyl sites for hydroxylation is 1. The van der Waals surface area contributed by atoms with E-state index in [0.29, 0.717) is 11.3 Å². The topological polar surface area (TPSA) is 47.4 Å². The number of hydrogen-bond donors (Lipinski definition) is 0. The van der Waals surface area contributed by atoms with Crippen LogP contribution in [0.2, 0.25) is 0 Å². The minimum absolute atomic E-state index is 0.233. The summed E-state index contributed by atoms with van der Waals surface area (Å²) in [4.78, 5) is 14.2. The first-order valence-corrected chi connectivity index (χ1v) is 8.34. The fourth-order valence-corrected chi connectivity index (χ4v) is 3.28. The molecule has 8 heteroatoms. The largest absolute Gasteiger partial charge is 0.434 e. The van der Waals surface area contributed by atoms with Gasteiger partial charge in [-0.2, -0.15) is 18.3 Å². The average molecular weight is 367 g/mol. The normalized spacial score (nSPS) is 21.1. The second kappa shape index (κ2) is 6.75. The fraction of sp³-hybridized carbons (Fsp3) is 0.444. The van der Waals surface area contributed by atoms with Gasteiger partial charge in [0.1, 0.15) is 0 Å². The highest BCUT2D eigenvalue weighted by atomic mass is 19.4. The van der Waals surface area contributed by atoms with Crippen LogP contribution in [0.1, 0.15) is 35.5 Å². The van der Waals surface area contributed by atoms with Crippen LogP contribution in [0.4, 0.5) is 13.2 Å². The molecule has 0 spiro atoms. The number of ether oxygens (including phenoxy) is 1. The molecular weight excluding hydrogens is 347 g/mol. The van der Waals surface area contributed by atoms with E-state index in [1.807, 2.05) is 0 Å². The third kappa shape index (κ3) is 3.46. The summed E-state index contributed by atoms with van der Waals surface area (Å²) in [7, 11) is 0. The molecule has 2 unspecified atom stereocenters. The molecular formula is C18H20F3N3O2. The Morgan fingerprint density at radius 2 is 1.81 bits per heavy atom. The van der Waals surface area contributed by atoms with Gasteiger partial charge in [0.2, 0.25) is 0 Å². The lowest BCUT2D eigenvalue weighted by atomic mass is 10.1. The quantitative estimate of drug-likeness (QED) is 0.817. The Morgan fingerprint density at radius 1 is 1.19 bits per heavy atom. The Labute approximate surface area is 149 Å². The standard InChI is InChI=1S/C18H20F3N3O2/c1-11-6-4-5-7-15(11)24-16(18(19,20)21)14(8-22-24)17(25)23-9-12(2)26-13(3)10-23/h4-8,12-13H,9-10H2,1-3H3. The number of rotatable bonds is 2. The molecule has 0 saturated carbocycles. The third-order valence-corrected chi connectivity index (χ3v) is 4.32. The van der Waals surface area contributed by atoms with Crippen molar-refractivity contribution in [3.63, 3.8) is 0 Å². The molecule has 3 rings (SSSR count). The van der Waals surface area contributed by atoms with Crippen molar-refractivity contribution >= 4 is 5.91 Å². The number of carbonyl (C=O) groups excluding carboxylic acids is 1. The van der Waals surface area contributed by atoms with E-state index in [-0.39, 0.29) is 25.3 Å². The number of nitrogens with zero attached hydrogens (tertiary/aromatic N) is 3. The van der Waals surface area contributed by atoms with Crippen molar-refractivity contribution in [3.8, 4) is 5.69 Å². The van der Waals surface area contributed by atoms with Gasteiger partial charge < -0.3 is 9.64 Å². The van der Waals surface area contributed by atoms with Crippen LogP contribution in [0.25, 0.3) is 5.69 Å². The van der Waals surface area contributed by atoms with Gasteiger partial charge in [0, 0.05) is 13.1 Å². The number of alkyl halides is 3. The first-order chi connectivity index (χ1) is 12.2. The number of carbonyl (C=O) groups is 1. The maximum Gasteiger partial charge on any atom is 0.434 e. The van der Waals surface area contributed by atoms with Crippen molar-refractivity contribution in [2.45, 2.75) is 39.2 Å². The van der Waals surface area contributed by atoms with E-state index in [4.69, 9.17) is 4.74 Å². The zero-order valence-electron chi connectivity index (χ0n) is 14.7. The average Bonchev–Trinajstić information content (AvgIpc) is 2.98. The number of hydrogen-bond acceptors (Lipinski definition) is 3. The molecule has 26 heavy (non-hydrogen) atoms. The van der Waals surface area contributed by atoms with Crippen LogP contribution in [0.15, 0.2) is 30.5 Å². The summed E-state index contributed by atoms with van der Waals surface area (Å²) in [6.45, 7) is 5.77. The Kier molecular flexibility index (Phi) is 4.79. The van der Waals surface area contributed by atoms with Crippen LogP contribution in [0, 0.1) is 6.92 Å². The SMILES string of the molecule is Cc1ccccc1-n1ncc(C(=O)N2CC(C)OC(C)C2)c1C(F)(F)F. The van der Waals surface area contributed by atoms with E-state index in [9.17, 15) is 18.0 Å². The summed E-state index contributed by atoms with van der Waals surface area (Å²) >= 11 is 0. The summed E-state index contributed by atoms with van der Waals surface area (Å²) in [5, 5.41) is 3.89. The molecule has 1 aliphatic heterocycles. The highest BCUT2D eigenvalue weighted by Crippen LogP contribution is 2.35. The molecule has 0 N–H and O–H groups in total. The lowest BCUT2D eigenvalue weighted by Crippen LogP contribution is -2.48. The predicted octanol–water partition coefficient (Wildman–Crippen LogP) is 3.45. The minimum Gasteiger partial charge on any atom is -0.372 e. The van der Waals surface area contributed by atoms with Crippen LogP contribution < -0.4 is 0 Å². The molecule has 1 aromatic carbocycles. The summed E-state index contributed by atoms with van der Waals surface area (Å²) < 4.78 is 47.7. The Hall–Kier alpha value is -2.35. The van der Waals surface area contributed by atoms with E-state index >= 15 is 0 Å². The van der Waals surface area contributed by atoms with Gasteiger partial charge in [0.05, 0.1) is 29.7 Å². The number of halogens is 3. The number of aromatic nitrogens is 2. The summed E-state index contributed by atoms with van der Waals surface area (Å²) in [6, 6.07) is 6.61. The highest BCUT2D eigenvalue weighted by Gasteiger charge is 2.42. The van der Waals surface area contributed by atoms with Crippen molar-refractivity contribution in [3.05, 3.63) is 47.3 Å². The molecule has 1 saturated heterocycles. The van der Waals surface area contributed by atoms with Crippen LogP contribution >= 0.6 is 0 Å². The van der Waals surface area contributed by atoms with E-state index < -0.39 is 23.3 Å². The Morgan fingerprint density at radius 3 is 2.38 bits per heavy atom. The van der Waals surface area contributed by atoms with Gasteiger partial charge in [0.15, 0.2) is 5.69 Å². The number of benzene rings is 1. The Balaban J connectivity index is 2.06.